The topological polar surface area (TPSA) is 146 Å². The van der Waals surface area contributed by atoms with E-state index >= 15 is 0 Å². The second-order valence-electron chi connectivity index (χ2n) is 6.02. The molecule has 3 aromatic rings. The Morgan fingerprint density at radius 2 is 1.87 bits per heavy atom. The summed E-state index contributed by atoms with van der Waals surface area (Å²) in [7, 11) is 0. The Morgan fingerprint density at radius 1 is 1.13 bits per heavy atom. The van der Waals surface area contributed by atoms with E-state index in [1.807, 2.05) is 0 Å². The van der Waals surface area contributed by atoms with Gasteiger partial charge in [0.05, 0.1) is 10.5 Å². The number of benzene rings is 2. The van der Waals surface area contributed by atoms with Crippen LogP contribution in [0.3, 0.4) is 0 Å². The molecule has 0 bridgehead atoms. The lowest BCUT2D eigenvalue weighted by molar-refractivity contribution is -0.384. The molecule has 1 amide bonds. The fourth-order valence-corrected chi connectivity index (χ4v) is 2.55. The van der Waals surface area contributed by atoms with E-state index in [2.05, 4.69) is 5.32 Å². The second-order valence-corrected chi connectivity index (χ2v) is 6.02. The molecule has 0 saturated carbocycles. The van der Waals surface area contributed by atoms with Crippen molar-refractivity contribution in [2.45, 2.75) is 0 Å². The van der Waals surface area contributed by atoms with E-state index in [1.54, 1.807) is 30.3 Å². The van der Waals surface area contributed by atoms with E-state index in [0.717, 1.165) is 0 Å². The number of rotatable bonds is 6. The van der Waals surface area contributed by atoms with Crippen molar-refractivity contribution < 1.29 is 24.0 Å². The van der Waals surface area contributed by atoms with Gasteiger partial charge in [0, 0.05) is 29.5 Å². The molecular weight excluding hydrogens is 390 g/mol. The van der Waals surface area contributed by atoms with Gasteiger partial charge in [0.2, 0.25) is 0 Å². The van der Waals surface area contributed by atoms with Crippen LogP contribution in [-0.2, 0) is 4.79 Å². The maximum Gasteiger partial charge on any atom is 0.335 e. The van der Waals surface area contributed by atoms with E-state index in [9.17, 15) is 25.0 Å². The van der Waals surface area contributed by atoms with Crippen molar-refractivity contribution in [2.24, 2.45) is 0 Å². The number of hydrogen-bond acceptors (Lipinski definition) is 6. The molecule has 0 unspecified atom stereocenters. The van der Waals surface area contributed by atoms with Crippen molar-refractivity contribution in [3.8, 4) is 17.4 Å². The van der Waals surface area contributed by atoms with Crippen LogP contribution in [0.4, 0.5) is 11.4 Å². The number of amides is 1. The molecule has 30 heavy (non-hydrogen) atoms. The summed E-state index contributed by atoms with van der Waals surface area (Å²) < 4.78 is 5.61. The maximum atomic E-state index is 12.3. The molecule has 1 heterocycles. The van der Waals surface area contributed by atoms with E-state index in [4.69, 9.17) is 9.52 Å². The molecule has 2 aromatic carbocycles. The van der Waals surface area contributed by atoms with Crippen LogP contribution in [0, 0.1) is 21.4 Å². The molecule has 2 N–H and O–H groups in total. The number of carboxylic acids is 1. The van der Waals surface area contributed by atoms with Crippen molar-refractivity contribution in [3.05, 3.63) is 87.7 Å². The summed E-state index contributed by atoms with van der Waals surface area (Å²) in [6.07, 6.45) is 1.24. The zero-order valence-electron chi connectivity index (χ0n) is 15.2. The zero-order valence-corrected chi connectivity index (χ0v) is 15.2. The highest BCUT2D eigenvalue weighted by molar-refractivity contribution is 6.09. The summed E-state index contributed by atoms with van der Waals surface area (Å²) in [6.45, 7) is 0. The summed E-state index contributed by atoms with van der Waals surface area (Å²) in [6, 6.07) is 16.3. The lowest BCUT2D eigenvalue weighted by Gasteiger charge is -2.03. The second kappa shape index (κ2) is 8.53. The molecule has 0 saturated heterocycles. The van der Waals surface area contributed by atoms with Gasteiger partial charge >= 0.3 is 5.97 Å². The van der Waals surface area contributed by atoms with Crippen molar-refractivity contribution in [1.82, 2.24) is 0 Å². The highest BCUT2D eigenvalue weighted by Gasteiger charge is 2.14. The van der Waals surface area contributed by atoms with Gasteiger partial charge in [-0.2, -0.15) is 5.26 Å². The van der Waals surface area contributed by atoms with Crippen LogP contribution in [-0.4, -0.2) is 21.9 Å². The highest BCUT2D eigenvalue weighted by atomic mass is 16.6. The summed E-state index contributed by atoms with van der Waals surface area (Å²) in [5, 5.41) is 31.5. The number of nitro benzene ring substituents is 1. The first-order valence-electron chi connectivity index (χ1n) is 8.48. The van der Waals surface area contributed by atoms with Crippen LogP contribution in [0.2, 0.25) is 0 Å². The number of carboxylic acid groups (broad SMARTS) is 1. The number of nitro groups is 1. The van der Waals surface area contributed by atoms with Crippen molar-refractivity contribution in [2.75, 3.05) is 5.32 Å². The van der Waals surface area contributed by atoms with Gasteiger partial charge in [0.25, 0.3) is 11.6 Å². The number of anilines is 1. The van der Waals surface area contributed by atoms with Gasteiger partial charge in [-0.15, -0.1) is 0 Å². The average molecular weight is 403 g/mol. The first-order valence-corrected chi connectivity index (χ1v) is 8.48. The third kappa shape index (κ3) is 4.58. The first-order chi connectivity index (χ1) is 14.4. The van der Waals surface area contributed by atoms with Crippen LogP contribution in [0.15, 0.2) is 70.7 Å². The Bertz CT molecular complexity index is 1200. The van der Waals surface area contributed by atoms with Crippen molar-refractivity contribution in [1.29, 1.82) is 5.26 Å². The SMILES string of the molecule is N#C/C(=C/c1ccc(-c2ccc(C(=O)O)cc2)o1)C(=O)Nc1cccc([N+](=O)[O-])c1. The minimum atomic E-state index is -1.04. The fourth-order valence-electron chi connectivity index (χ4n) is 2.55. The minimum absolute atomic E-state index is 0.134. The van der Waals surface area contributed by atoms with Crippen LogP contribution < -0.4 is 5.32 Å². The largest absolute Gasteiger partial charge is 0.478 e. The van der Waals surface area contributed by atoms with Gasteiger partial charge in [-0.3, -0.25) is 14.9 Å². The molecule has 1 aromatic heterocycles. The predicted molar refractivity (Wildman–Crippen MR) is 106 cm³/mol. The van der Waals surface area contributed by atoms with Gasteiger partial charge in [-0.1, -0.05) is 18.2 Å². The lowest BCUT2D eigenvalue weighted by Crippen LogP contribution is -2.13. The fraction of sp³-hybridized carbons (Fsp3) is 0. The lowest BCUT2D eigenvalue weighted by atomic mass is 10.1. The zero-order chi connectivity index (χ0) is 21.7. The summed E-state index contributed by atoms with van der Waals surface area (Å²) in [5.41, 5.74) is 0.478. The number of carbonyl (C=O) groups excluding carboxylic acids is 1. The highest BCUT2D eigenvalue weighted by Crippen LogP contribution is 2.24. The molecule has 0 aliphatic carbocycles. The number of hydrogen-bond donors (Lipinski definition) is 2. The maximum absolute atomic E-state index is 12.3. The molecule has 9 nitrogen and oxygen atoms in total. The third-order valence-electron chi connectivity index (χ3n) is 4.01. The van der Waals surface area contributed by atoms with Crippen LogP contribution in [0.25, 0.3) is 17.4 Å². The van der Waals surface area contributed by atoms with Crippen LogP contribution in [0.1, 0.15) is 16.1 Å². The molecule has 9 heteroatoms. The quantitative estimate of drug-likeness (QED) is 0.272. The Hall–Kier alpha value is -4.71. The summed E-state index contributed by atoms with van der Waals surface area (Å²) in [5.74, 6) is -1.13. The van der Waals surface area contributed by atoms with Gasteiger partial charge in [-0.05, 0) is 30.3 Å². The molecule has 0 aliphatic heterocycles. The molecule has 0 fully saturated rings. The monoisotopic (exact) mass is 403 g/mol. The number of nitrogens with zero attached hydrogens (tertiary/aromatic N) is 2. The summed E-state index contributed by atoms with van der Waals surface area (Å²) in [4.78, 5) is 33.5. The Kier molecular flexibility index (Phi) is 5.70. The van der Waals surface area contributed by atoms with E-state index in [1.165, 1.54) is 42.5 Å². The molecule has 0 spiro atoms. The standard InChI is InChI=1S/C21H13N3O6/c22-12-15(20(25)23-16-2-1-3-17(11-16)24(28)29)10-18-8-9-19(30-18)13-4-6-14(7-5-13)21(26)27/h1-11H,(H,23,25)(H,26,27)/b15-10-. The Morgan fingerprint density at radius 3 is 2.50 bits per heavy atom. The number of furan rings is 1. The molecule has 148 valence electrons. The smallest absolute Gasteiger partial charge is 0.335 e. The third-order valence-corrected chi connectivity index (χ3v) is 4.01. The van der Waals surface area contributed by atoms with Crippen LogP contribution >= 0.6 is 0 Å². The van der Waals surface area contributed by atoms with E-state index in [-0.39, 0.29) is 28.3 Å². The van der Waals surface area contributed by atoms with E-state index in [0.29, 0.717) is 11.3 Å². The average Bonchev–Trinajstić information content (AvgIpc) is 3.20. The molecule has 3 rings (SSSR count). The first kappa shape index (κ1) is 20.0. The number of nitriles is 1. The van der Waals surface area contributed by atoms with Gasteiger partial charge in [0.1, 0.15) is 23.2 Å². The number of nitrogens with one attached hydrogen (secondary N) is 1. The van der Waals surface area contributed by atoms with Crippen molar-refractivity contribution >= 4 is 29.3 Å². The van der Waals surface area contributed by atoms with Gasteiger partial charge < -0.3 is 14.8 Å². The van der Waals surface area contributed by atoms with Gasteiger partial charge in [0.15, 0.2) is 0 Å². The van der Waals surface area contributed by atoms with Crippen LogP contribution in [0.5, 0.6) is 0 Å². The van der Waals surface area contributed by atoms with E-state index < -0.39 is 16.8 Å². The molecule has 0 radical (unpaired) electrons. The molecule has 0 atom stereocenters. The van der Waals surface area contributed by atoms with Gasteiger partial charge in [-0.25, -0.2) is 4.79 Å². The Labute approximate surface area is 169 Å². The summed E-state index contributed by atoms with van der Waals surface area (Å²) >= 11 is 0. The minimum Gasteiger partial charge on any atom is -0.478 e. The predicted octanol–water partition coefficient (Wildman–Crippen LogP) is 4.10. The Balaban J connectivity index is 1.78. The number of aromatic carboxylic acids is 1. The number of non-ortho nitro benzene ring substituents is 1. The van der Waals surface area contributed by atoms with Crippen molar-refractivity contribution in [3.63, 3.8) is 0 Å². The number of carbonyl (C=O) groups is 2. The molecular formula is C21H13N3O6. The molecule has 0 aliphatic rings. The normalized spacial score (nSPS) is 10.8.